The SMILES string of the molecule is CC=O.CS(=O)[O-]. The van der Waals surface area contributed by atoms with Gasteiger partial charge in [-0.1, -0.05) is 11.1 Å². The molecule has 0 aromatic carbocycles. The second kappa shape index (κ2) is 9.24. The summed E-state index contributed by atoms with van der Waals surface area (Å²) in [5.74, 6) is 0. The molecule has 7 heavy (non-hydrogen) atoms. The Balaban J connectivity index is 0. The highest BCUT2D eigenvalue weighted by atomic mass is 32.2. The molecule has 0 heterocycles. The first-order chi connectivity index (χ1) is 3.15. The van der Waals surface area contributed by atoms with E-state index < -0.39 is 11.1 Å². The Morgan fingerprint density at radius 3 is 1.71 bits per heavy atom. The van der Waals surface area contributed by atoms with Crippen molar-refractivity contribution >= 4 is 17.4 Å². The molecule has 0 amide bonds. The van der Waals surface area contributed by atoms with Crippen LogP contribution in [0.2, 0.25) is 0 Å². The minimum atomic E-state index is -1.86. The van der Waals surface area contributed by atoms with Crippen molar-refractivity contribution in [1.82, 2.24) is 0 Å². The van der Waals surface area contributed by atoms with Gasteiger partial charge in [0.05, 0.1) is 0 Å². The number of rotatable bonds is 0. The Hall–Kier alpha value is -0.220. The van der Waals surface area contributed by atoms with Gasteiger partial charge >= 0.3 is 0 Å². The second-order valence-corrected chi connectivity index (χ2v) is 1.44. The smallest absolute Gasteiger partial charge is 0.116 e. The van der Waals surface area contributed by atoms with E-state index in [1.54, 1.807) is 0 Å². The molecule has 3 nitrogen and oxygen atoms in total. The van der Waals surface area contributed by atoms with Crippen molar-refractivity contribution in [2.75, 3.05) is 6.26 Å². The molecule has 0 aliphatic rings. The van der Waals surface area contributed by atoms with E-state index in [1.807, 2.05) is 0 Å². The van der Waals surface area contributed by atoms with Crippen molar-refractivity contribution in [2.24, 2.45) is 0 Å². The lowest BCUT2D eigenvalue weighted by Gasteiger charge is -1.85. The van der Waals surface area contributed by atoms with Crippen LogP contribution in [0.15, 0.2) is 0 Å². The molecule has 0 saturated heterocycles. The van der Waals surface area contributed by atoms with E-state index in [1.165, 1.54) is 6.92 Å². The lowest BCUT2D eigenvalue weighted by molar-refractivity contribution is -0.106. The van der Waals surface area contributed by atoms with Gasteiger partial charge in [0.25, 0.3) is 0 Å². The summed E-state index contributed by atoms with van der Waals surface area (Å²) in [6, 6.07) is 0. The van der Waals surface area contributed by atoms with Crippen LogP contribution in [-0.4, -0.2) is 21.3 Å². The van der Waals surface area contributed by atoms with Crippen LogP contribution in [-0.2, 0) is 15.9 Å². The van der Waals surface area contributed by atoms with Gasteiger partial charge in [-0.3, -0.25) is 4.21 Å². The predicted octanol–water partition coefficient (Wildman–Crippen LogP) is -0.299. The number of aldehydes is 1. The van der Waals surface area contributed by atoms with Crippen molar-refractivity contribution in [1.29, 1.82) is 0 Å². The first-order valence-electron chi connectivity index (χ1n) is 1.55. The number of hydrogen-bond donors (Lipinski definition) is 0. The molecule has 0 radical (unpaired) electrons. The summed E-state index contributed by atoms with van der Waals surface area (Å²) in [5, 5.41) is 0. The van der Waals surface area contributed by atoms with E-state index >= 15 is 0 Å². The molecule has 0 bridgehead atoms. The van der Waals surface area contributed by atoms with Gasteiger partial charge in [0.15, 0.2) is 0 Å². The highest BCUT2D eigenvalue weighted by molar-refractivity contribution is 7.78. The average molecular weight is 123 g/mol. The van der Waals surface area contributed by atoms with E-state index in [-0.39, 0.29) is 0 Å². The van der Waals surface area contributed by atoms with Crippen LogP contribution in [0.3, 0.4) is 0 Å². The third-order valence-corrected chi connectivity index (χ3v) is 0. The largest absolute Gasteiger partial charge is 0.773 e. The predicted molar refractivity (Wildman–Crippen MR) is 26.6 cm³/mol. The second-order valence-electron chi connectivity index (χ2n) is 0.637. The van der Waals surface area contributed by atoms with Crippen LogP contribution in [0.1, 0.15) is 6.92 Å². The third-order valence-electron chi connectivity index (χ3n) is 0. The van der Waals surface area contributed by atoms with Gasteiger partial charge in [-0.15, -0.1) is 0 Å². The summed E-state index contributed by atoms with van der Waals surface area (Å²) in [5.41, 5.74) is 0. The molecular formula is C3H7O3S-. The first kappa shape index (κ1) is 9.91. The summed E-state index contributed by atoms with van der Waals surface area (Å²) in [7, 11) is 0. The van der Waals surface area contributed by atoms with Gasteiger partial charge in [0.2, 0.25) is 0 Å². The van der Waals surface area contributed by atoms with E-state index in [2.05, 4.69) is 0 Å². The highest BCUT2D eigenvalue weighted by Crippen LogP contribution is 1.45. The topological polar surface area (TPSA) is 57.2 Å². The fraction of sp³-hybridized carbons (Fsp3) is 0.667. The van der Waals surface area contributed by atoms with E-state index in [0.717, 1.165) is 12.5 Å². The fourth-order valence-electron chi connectivity index (χ4n) is 0. The molecule has 1 unspecified atom stereocenters. The number of hydrogen-bond acceptors (Lipinski definition) is 3. The van der Waals surface area contributed by atoms with Gasteiger partial charge in [0, 0.05) is 0 Å². The standard InChI is InChI=1S/C2H4O.CH4O2S/c1-2-3;1-4(2)3/h2H,1H3;1H3,(H,2,3)/p-1. The zero-order valence-corrected chi connectivity index (χ0v) is 5.03. The lowest BCUT2D eigenvalue weighted by atomic mass is 11.0. The minimum absolute atomic E-state index is 0.750. The molecule has 0 aromatic rings. The van der Waals surface area contributed by atoms with Crippen molar-refractivity contribution in [3.05, 3.63) is 0 Å². The van der Waals surface area contributed by atoms with Crippen LogP contribution >= 0.6 is 0 Å². The third kappa shape index (κ3) is 1710. The fourth-order valence-corrected chi connectivity index (χ4v) is 0. The first-order valence-corrected chi connectivity index (χ1v) is 3.04. The molecule has 0 N–H and O–H groups in total. The maximum absolute atomic E-state index is 9.00. The molecule has 44 valence electrons. The average Bonchev–Trinajstić information content (AvgIpc) is 1.33. The highest BCUT2D eigenvalue weighted by Gasteiger charge is 1.41. The van der Waals surface area contributed by atoms with Gasteiger partial charge in [0.1, 0.15) is 6.29 Å². The number of carbonyl (C=O) groups is 1. The summed E-state index contributed by atoms with van der Waals surface area (Å²) < 4.78 is 18.0. The Bertz CT molecular complexity index is 57.2. The monoisotopic (exact) mass is 123 g/mol. The van der Waals surface area contributed by atoms with Crippen LogP contribution in [0.4, 0.5) is 0 Å². The molecule has 0 aliphatic heterocycles. The van der Waals surface area contributed by atoms with Gasteiger partial charge in [-0.05, 0) is 13.2 Å². The Labute approximate surface area is 45.0 Å². The minimum Gasteiger partial charge on any atom is -0.773 e. The number of carbonyl (C=O) groups excluding carboxylic acids is 1. The maximum atomic E-state index is 9.00. The molecular weight excluding hydrogens is 116 g/mol. The molecule has 4 heteroatoms. The molecule has 1 atom stereocenters. The van der Waals surface area contributed by atoms with Crippen molar-refractivity contribution in [2.45, 2.75) is 6.92 Å². The van der Waals surface area contributed by atoms with Crippen molar-refractivity contribution < 1.29 is 13.6 Å². The van der Waals surface area contributed by atoms with Crippen LogP contribution < -0.4 is 0 Å². The molecule has 0 saturated carbocycles. The molecule has 0 rings (SSSR count). The van der Waals surface area contributed by atoms with Crippen molar-refractivity contribution in [3.8, 4) is 0 Å². The summed E-state index contributed by atoms with van der Waals surface area (Å²) in [6.07, 6.45) is 1.83. The molecule has 0 spiro atoms. The zero-order valence-electron chi connectivity index (χ0n) is 4.21. The van der Waals surface area contributed by atoms with Crippen LogP contribution in [0.25, 0.3) is 0 Å². The summed E-state index contributed by atoms with van der Waals surface area (Å²) >= 11 is -1.86. The Kier molecular flexibility index (Phi) is 13.1. The zero-order chi connectivity index (χ0) is 6.28. The van der Waals surface area contributed by atoms with Gasteiger partial charge < -0.3 is 9.35 Å². The lowest BCUT2D eigenvalue weighted by Crippen LogP contribution is -1.73. The maximum Gasteiger partial charge on any atom is 0.116 e. The Morgan fingerprint density at radius 2 is 1.71 bits per heavy atom. The van der Waals surface area contributed by atoms with Crippen molar-refractivity contribution in [3.63, 3.8) is 0 Å². The van der Waals surface area contributed by atoms with Gasteiger partial charge in [-0.25, -0.2) is 0 Å². The van der Waals surface area contributed by atoms with Gasteiger partial charge in [-0.2, -0.15) is 0 Å². The van der Waals surface area contributed by atoms with Crippen LogP contribution in [0.5, 0.6) is 0 Å². The molecule has 0 aliphatic carbocycles. The van der Waals surface area contributed by atoms with E-state index in [0.29, 0.717) is 0 Å². The molecule has 0 aromatic heterocycles. The molecule has 0 fully saturated rings. The van der Waals surface area contributed by atoms with E-state index in [9.17, 15) is 0 Å². The Morgan fingerprint density at radius 1 is 1.71 bits per heavy atom. The van der Waals surface area contributed by atoms with Crippen LogP contribution in [0, 0.1) is 0 Å². The normalized spacial score (nSPS) is 10.7. The summed E-state index contributed by atoms with van der Waals surface area (Å²) in [6.45, 7) is 1.44. The summed E-state index contributed by atoms with van der Waals surface area (Å²) in [4.78, 5) is 8.81. The quantitative estimate of drug-likeness (QED) is 0.328. The van der Waals surface area contributed by atoms with E-state index in [4.69, 9.17) is 13.6 Å².